The topological polar surface area (TPSA) is 26.3 Å². The lowest BCUT2D eigenvalue weighted by Crippen LogP contribution is -2.07. The van der Waals surface area contributed by atoms with E-state index < -0.39 is 0 Å². The van der Waals surface area contributed by atoms with Crippen LogP contribution in [0.2, 0.25) is 0 Å². The molecule has 0 bridgehead atoms. The maximum Gasteiger partial charge on any atom is 0.122 e. The van der Waals surface area contributed by atoms with Gasteiger partial charge in [0.2, 0.25) is 0 Å². The smallest absolute Gasteiger partial charge is 0.122 e. The Bertz CT molecular complexity index is 127. The molecule has 0 aromatic carbocycles. The van der Waals surface area contributed by atoms with E-state index in [4.69, 9.17) is 6.11 Å². The molecule has 0 aliphatic carbocycles. The lowest BCUT2D eigenvalue weighted by atomic mass is 10.2. The predicted octanol–water partition coefficient (Wildman–Crippen LogP) is 0.957. The van der Waals surface area contributed by atoms with Gasteiger partial charge in [-0.2, -0.15) is 0 Å². The maximum absolute atomic E-state index is 10.0. The molecule has 0 N–H and O–H groups in total. The zero-order valence-electron chi connectivity index (χ0n) is 6.41. The van der Waals surface area contributed by atoms with E-state index in [2.05, 4.69) is 0 Å². The van der Waals surface area contributed by atoms with Gasteiger partial charge >= 0.3 is 0 Å². The summed E-state index contributed by atoms with van der Waals surface area (Å²) in [6.45, 7) is 1.88. The molecule has 0 saturated carbocycles. The van der Waals surface area contributed by atoms with Gasteiger partial charge in [0, 0.05) is 7.79 Å². The average molecular weight is 128 g/mol. The molecule has 1 saturated heterocycles. The van der Waals surface area contributed by atoms with Crippen LogP contribution in [-0.4, -0.2) is 18.5 Å². The van der Waals surface area contributed by atoms with Crippen LogP contribution in [0.15, 0.2) is 0 Å². The summed E-state index contributed by atoms with van der Waals surface area (Å²) < 4.78 is 12.6. The summed E-state index contributed by atoms with van der Waals surface area (Å²) in [4.78, 5) is 10.0. The van der Waals surface area contributed by atoms with Crippen molar-refractivity contribution < 1.29 is 10.9 Å². The molecule has 1 radical (unpaired) electrons. The summed E-state index contributed by atoms with van der Waals surface area (Å²) in [7, 11) is 0. The zero-order chi connectivity index (χ0) is 7.56. The molecule has 1 aliphatic heterocycles. The van der Waals surface area contributed by atoms with Gasteiger partial charge in [-0.3, -0.25) is 0 Å². The Morgan fingerprint density at radius 2 is 2.89 bits per heavy atom. The molecule has 3 atom stereocenters. The highest BCUT2D eigenvalue weighted by molar-refractivity contribution is 5.50. The molecule has 0 aromatic rings. The molecule has 2 heteroatoms. The first kappa shape index (κ1) is 5.42. The van der Waals surface area contributed by atoms with Gasteiger partial charge in [0.25, 0.3) is 0 Å². The standard InChI is InChI=1S/C7H11O2/c1-6-2-3-7(9-6)4-5-8/h2,5-7H,3-4H2,1H3/t6-,7-/m0/s1/i3D/t3?,6-,7-. The van der Waals surface area contributed by atoms with Gasteiger partial charge in [-0.15, -0.1) is 0 Å². The van der Waals surface area contributed by atoms with Gasteiger partial charge in [-0.1, -0.05) is 0 Å². The summed E-state index contributed by atoms with van der Waals surface area (Å²) in [5.41, 5.74) is 0. The molecule has 51 valence electrons. The quantitative estimate of drug-likeness (QED) is 0.518. The largest absolute Gasteiger partial charge is 0.375 e. The SMILES string of the molecule is [2H]C1[CH][C@H](C)O[C@@H]1CC=O. The van der Waals surface area contributed by atoms with E-state index in [0.717, 1.165) is 6.29 Å². The van der Waals surface area contributed by atoms with Crippen molar-refractivity contribution in [3.63, 3.8) is 0 Å². The van der Waals surface area contributed by atoms with Crippen molar-refractivity contribution in [1.82, 2.24) is 0 Å². The minimum Gasteiger partial charge on any atom is -0.375 e. The van der Waals surface area contributed by atoms with Gasteiger partial charge in [-0.25, -0.2) is 0 Å². The molecular formula is C7H11O2. The fourth-order valence-electron chi connectivity index (χ4n) is 0.876. The normalized spacial score (nSPS) is 44.6. The van der Waals surface area contributed by atoms with Crippen LogP contribution in [0.4, 0.5) is 0 Å². The molecule has 1 rings (SSSR count). The van der Waals surface area contributed by atoms with Crippen LogP contribution < -0.4 is 0 Å². The fraction of sp³-hybridized carbons (Fsp3) is 0.714. The van der Waals surface area contributed by atoms with Crippen LogP contribution >= 0.6 is 0 Å². The summed E-state index contributed by atoms with van der Waals surface area (Å²) in [6, 6.07) is 0. The Morgan fingerprint density at radius 3 is 3.33 bits per heavy atom. The molecule has 0 amide bonds. The Hall–Kier alpha value is -0.370. The number of carbonyl (C=O) groups excluding carboxylic acids is 1. The van der Waals surface area contributed by atoms with Gasteiger partial charge in [0.15, 0.2) is 0 Å². The third-order valence-corrected chi connectivity index (χ3v) is 1.31. The maximum atomic E-state index is 10.0. The first-order chi connectivity index (χ1) is 4.74. The van der Waals surface area contributed by atoms with Gasteiger partial charge < -0.3 is 9.53 Å². The monoisotopic (exact) mass is 128 g/mol. The lowest BCUT2D eigenvalue weighted by Gasteiger charge is -2.05. The average Bonchev–Trinajstić information content (AvgIpc) is 2.13. The van der Waals surface area contributed by atoms with E-state index in [9.17, 15) is 4.79 Å². The van der Waals surface area contributed by atoms with E-state index in [0.29, 0.717) is 6.42 Å². The van der Waals surface area contributed by atoms with Gasteiger partial charge in [-0.05, 0) is 19.7 Å². The second-order valence-corrected chi connectivity index (χ2v) is 2.17. The molecule has 9 heavy (non-hydrogen) atoms. The Kier molecular flexibility index (Phi) is 1.79. The molecule has 2 nitrogen and oxygen atoms in total. The van der Waals surface area contributed by atoms with E-state index >= 15 is 0 Å². The highest BCUT2D eigenvalue weighted by Crippen LogP contribution is 2.19. The van der Waals surface area contributed by atoms with Crippen molar-refractivity contribution in [2.24, 2.45) is 0 Å². The number of carbonyl (C=O) groups is 1. The van der Waals surface area contributed by atoms with E-state index in [1.807, 2.05) is 6.92 Å². The van der Waals surface area contributed by atoms with Crippen molar-refractivity contribution in [2.75, 3.05) is 0 Å². The van der Waals surface area contributed by atoms with Crippen molar-refractivity contribution in [1.29, 1.82) is 0 Å². The third-order valence-electron chi connectivity index (χ3n) is 1.31. The van der Waals surface area contributed by atoms with Crippen molar-refractivity contribution >= 4 is 6.29 Å². The fourth-order valence-corrected chi connectivity index (χ4v) is 0.876. The lowest BCUT2D eigenvalue weighted by molar-refractivity contribution is -0.110. The van der Waals surface area contributed by atoms with Gasteiger partial charge in [0.05, 0.1) is 12.2 Å². The molecule has 1 aliphatic rings. The summed E-state index contributed by atoms with van der Waals surface area (Å²) in [5.74, 6) is 0. The molecule has 0 spiro atoms. The van der Waals surface area contributed by atoms with Crippen LogP contribution in [0.3, 0.4) is 0 Å². The minimum atomic E-state index is -0.319. The zero-order valence-corrected chi connectivity index (χ0v) is 5.41. The Balaban J connectivity index is 2.38. The highest BCUT2D eigenvalue weighted by atomic mass is 16.5. The molecular weight excluding hydrogens is 116 g/mol. The second kappa shape index (κ2) is 2.97. The Morgan fingerprint density at radius 1 is 2.11 bits per heavy atom. The first-order valence-corrected chi connectivity index (χ1v) is 3.10. The second-order valence-electron chi connectivity index (χ2n) is 2.17. The molecule has 1 heterocycles. The highest BCUT2D eigenvalue weighted by Gasteiger charge is 2.20. The summed E-state index contributed by atoms with van der Waals surface area (Å²) >= 11 is 0. The van der Waals surface area contributed by atoms with Crippen molar-refractivity contribution in [2.45, 2.75) is 31.9 Å². The van der Waals surface area contributed by atoms with Crippen LogP contribution in [0.5, 0.6) is 0 Å². The first-order valence-electron chi connectivity index (χ1n) is 3.68. The van der Waals surface area contributed by atoms with E-state index in [-0.39, 0.29) is 18.6 Å². The van der Waals surface area contributed by atoms with Crippen LogP contribution in [-0.2, 0) is 9.53 Å². The van der Waals surface area contributed by atoms with E-state index in [1.54, 1.807) is 6.42 Å². The molecule has 1 fully saturated rings. The van der Waals surface area contributed by atoms with Crippen LogP contribution in [0.25, 0.3) is 0 Å². The number of hydrogen-bond donors (Lipinski definition) is 0. The predicted molar refractivity (Wildman–Crippen MR) is 33.9 cm³/mol. The van der Waals surface area contributed by atoms with Crippen molar-refractivity contribution in [3.8, 4) is 0 Å². The summed E-state index contributed by atoms with van der Waals surface area (Å²) in [5, 5.41) is 0. The van der Waals surface area contributed by atoms with E-state index in [1.165, 1.54) is 0 Å². The summed E-state index contributed by atoms with van der Waals surface area (Å²) in [6.07, 6.45) is 2.46. The number of hydrogen-bond acceptors (Lipinski definition) is 2. The molecule has 1 unspecified atom stereocenters. The van der Waals surface area contributed by atoms with Gasteiger partial charge in [0.1, 0.15) is 6.29 Å². The number of rotatable bonds is 2. The van der Waals surface area contributed by atoms with Crippen LogP contribution in [0.1, 0.15) is 21.1 Å². The number of aldehydes is 1. The van der Waals surface area contributed by atoms with Crippen molar-refractivity contribution in [3.05, 3.63) is 6.42 Å². The van der Waals surface area contributed by atoms with Crippen LogP contribution in [0, 0.1) is 6.42 Å². The third kappa shape index (κ3) is 1.79. The number of ether oxygens (including phenoxy) is 1. The Labute approximate surface area is 56.6 Å². The molecule has 0 aromatic heterocycles. The minimum absolute atomic E-state index is 0.0347.